The summed E-state index contributed by atoms with van der Waals surface area (Å²) in [4.78, 5) is 11.7. The molecule has 5 nitrogen and oxygen atoms in total. The van der Waals surface area contributed by atoms with Crippen LogP contribution in [0.2, 0.25) is 0 Å². The first-order valence-corrected chi connectivity index (χ1v) is 5.98. The number of nitrogens with zero attached hydrogens (tertiary/aromatic N) is 2. The summed E-state index contributed by atoms with van der Waals surface area (Å²) in [7, 11) is 0. The molecule has 1 heterocycles. The summed E-state index contributed by atoms with van der Waals surface area (Å²) in [6, 6.07) is 1.65. The van der Waals surface area contributed by atoms with Gasteiger partial charge in [-0.3, -0.25) is 4.79 Å². The minimum atomic E-state index is -0.147. The fourth-order valence-electron chi connectivity index (χ4n) is 2.11. The molecule has 0 saturated heterocycles. The van der Waals surface area contributed by atoms with Crippen molar-refractivity contribution in [3.8, 4) is 0 Å². The van der Waals surface area contributed by atoms with Crippen LogP contribution in [-0.2, 0) is 0 Å². The summed E-state index contributed by atoms with van der Waals surface area (Å²) in [5, 5.41) is 19.6. The van der Waals surface area contributed by atoms with Crippen LogP contribution in [0.5, 0.6) is 0 Å². The van der Waals surface area contributed by atoms with Crippen molar-refractivity contribution in [1.82, 2.24) is 15.5 Å². The highest BCUT2D eigenvalue weighted by Crippen LogP contribution is 2.23. The van der Waals surface area contributed by atoms with Crippen LogP contribution in [0, 0.1) is 5.92 Å². The average molecular weight is 235 g/mol. The summed E-state index contributed by atoms with van der Waals surface area (Å²) in [6.45, 7) is 0.674. The lowest BCUT2D eigenvalue weighted by molar-refractivity contribution is 0.0910. The van der Waals surface area contributed by atoms with E-state index in [1.807, 2.05) is 0 Å². The van der Waals surface area contributed by atoms with Crippen molar-refractivity contribution in [1.29, 1.82) is 0 Å². The molecule has 2 rings (SSSR count). The first kappa shape index (κ1) is 12.0. The van der Waals surface area contributed by atoms with Gasteiger partial charge in [-0.2, -0.15) is 10.2 Å². The van der Waals surface area contributed by atoms with Gasteiger partial charge >= 0.3 is 0 Å². The van der Waals surface area contributed by atoms with Crippen molar-refractivity contribution in [2.45, 2.75) is 31.8 Å². The maximum absolute atomic E-state index is 11.7. The first-order chi connectivity index (χ1) is 8.25. The van der Waals surface area contributed by atoms with E-state index in [0.29, 0.717) is 18.0 Å². The zero-order chi connectivity index (χ0) is 12.1. The van der Waals surface area contributed by atoms with Crippen molar-refractivity contribution < 1.29 is 9.90 Å². The topological polar surface area (TPSA) is 75.1 Å². The molecule has 1 amide bonds. The molecule has 0 radical (unpaired) electrons. The first-order valence-electron chi connectivity index (χ1n) is 5.98. The van der Waals surface area contributed by atoms with Crippen LogP contribution < -0.4 is 5.32 Å². The van der Waals surface area contributed by atoms with Crippen LogP contribution >= 0.6 is 0 Å². The van der Waals surface area contributed by atoms with Crippen LogP contribution in [-0.4, -0.2) is 33.9 Å². The third kappa shape index (κ3) is 3.49. The normalized spacial score (nSPS) is 24.3. The lowest BCUT2D eigenvalue weighted by atomic mass is 9.87. The van der Waals surface area contributed by atoms with Gasteiger partial charge in [-0.15, -0.1) is 0 Å². The highest BCUT2D eigenvalue weighted by atomic mass is 16.3. The van der Waals surface area contributed by atoms with Gasteiger partial charge in [0, 0.05) is 6.54 Å². The smallest absolute Gasteiger partial charge is 0.252 e. The van der Waals surface area contributed by atoms with E-state index in [1.54, 1.807) is 6.07 Å². The van der Waals surface area contributed by atoms with Crippen LogP contribution in [0.15, 0.2) is 18.5 Å². The Labute approximate surface area is 100 Å². The summed E-state index contributed by atoms with van der Waals surface area (Å²) < 4.78 is 0. The highest BCUT2D eigenvalue weighted by molar-refractivity contribution is 5.93. The number of hydrogen-bond acceptors (Lipinski definition) is 4. The second kappa shape index (κ2) is 5.72. The van der Waals surface area contributed by atoms with Crippen molar-refractivity contribution >= 4 is 5.91 Å². The van der Waals surface area contributed by atoms with Gasteiger partial charge in [-0.25, -0.2) is 0 Å². The molecule has 1 aliphatic rings. The van der Waals surface area contributed by atoms with E-state index < -0.39 is 0 Å². The molecule has 1 aromatic heterocycles. The van der Waals surface area contributed by atoms with E-state index in [0.717, 1.165) is 25.7 Å². The fraction of sp³-hybridized carbons (Fsp3) is 0.583. The molecule has 0 unspecified atom stereocenters. The molecule has 0 atom stereocenters. The number of hydrogen-bond donors (Lipinski definition) is 2. The largest absolute Gasteiger partial charge is 0.393 e. The molecule has 1 fully saturated rings. The molecule has 0 spiro atoms. The van der Waals surface area contributed by atoms with Crippen LogP contribution in [0.4, 0.5) is 0 Å². The number of rotatable bonds is 3. The van der Waals surface area contributed by atoms with Gasteiger partial charge in [0.1, 0.15) is 0 Å². The van der Waals surface area contributed by atoms with E-state index in [-0.39, 0.29) is 12.0 Å². The summed E-state index contributed by atoms with van der Waals surface area (Å²) in [5.74, 6) is 0.378. The van der Waals surface area contributed by atoms with E-state index in [2.05, 4.69) is 15.5 Å². The molecule has 1 saturated carbocycles. The molecule has 1 aromatic rings. The molecular weight excluding hydrogens is 218 g/mol. The molecule has 92 valence electrons. The maximum atomic E-state index is 11.7. The molecule has 5 heteroatoms. The van der Waals surface area contributed by atoms with Gasteiger partial charge in [-0.05, 0) is 37.7 Å². The van der Waals surface area contributed by atoms with Crippen molar-refractivity contribution in [2.75, 3.05) is 6.54 Å². The third-order valence-electron chi connectivity index (χ3n) is 3.21. The molecule has 0 bridgehead atoms. The molecule has 17 heavy (non-hydrogen) atoms. The standard InChI is InChI=1S/C12H17N3O2/c16-11-3-1-9(2-4-11)7-13-12(17)10-5-6-14-15-8-10/h5-6,8-9,11,16H,1-4,7H2,(H,13,17). The molecule has 2 N–H and O–H groups in total. The predicted octanol–water partition coefficient (Wildman–Crippen LogP) is 0.757. The Kier molecular flexibility index (Phi) is 4.03. The lowest BCUT2D eigenvalue weighted by Crippen LogP contribution is -2.32. The Morgan fingerprint density at radius 2 is 2.12 bits per heavy atom. The number of aromatic nitrogens is 2. The van der Waals surface area contributed by atoms with E-state index in [1.165, 1.54) is 12.4 Å². The van der Waals surface area contributed by atoms with Crippen molar-refractivity contribution in [2.24, 2.45) is 5.92 Å². The van der Waals surface area contributed by atoms with Crippen LogP contribution in [0.25, 0.3) is 0 Å². The van der Waals surface area contributed by atoms with E-state index in [4.69, 9.17) is 0 Å². The van der Waals surface area contributed by atoms with Crippen LogP contribution in [0.1, 0.15) is 36.0 Å². The monoisotopic (exact) mass is 235 g/mol. The minimum absolute atomic E-state index is 0.106. The summed E-state index contributed by atoms with van der Waals surface area (Å²) >= 11 is 0. The van der Waals surface area contributed by atoms with Crippen molar-refractivity contribution in [3.63, 3.8) is 0 Å². The number of carbonyl (C=O) groups excluding carboxylic acids is 1. The van der Waals surface area contributed by atoms with Crippen molar-refractivity contribution in [3.05, 3.63) is 24.0 Å². The van der Waals surface area contributed by atoms with E-state index in [9.17, 15) is 9.90 Å². The van der Waals surface area contributed by atoms with Gasteiger partial charge in [0.2, 0.25) is 0 Å². The van der Waals surface area contributed by atoms with E-state index >= 15 is 0 Å². The minimum Gasteiger partial charge on any atom is -0.393 e. The number of nitrogens with one attached hydrogen (secondary N) is 1. The van der Waals surface area contributed by atoms with Gasteiger partial charge < -0.3 is 10.4 Å². The second-order valence-electron chi connectivity index (χ2n) is 4.52. The molecule has 1 aliphatic carbocycles. The number of amides is 1. The van der Waals surface area contributed by atoms with Gasteiger partial charge in [0.05, 0.1) is 24.1 Å². The second-order valence-corrected chi connectivity index (χ2v) is 4.52. The van der Waals surface area contributed by atoms with Gasteiger partial charge in [0.15, 0.2) is 0 Å². The third-order valence-corrected chi connectivity index (χ3v) is 3.21. The number of aliphatic hydroxyl groups excluding tert-OH is 1. The van der Waals surface area contributed by atoms with Gasteiger partial charge in [0.25, 0.3) is 5.91 Å². The Morgan fingerprint density at radius 3 is 2.76 bits per heavy atom. The highest BCUT2D eigenvalue weighted by Gasteiger charge is 2.19. The zero-order valence-electron chi connectivity index (χ0n) is 9.67. The summed E-state index contributed by atoms with van der Waals surface area (Å²) in [6.07, 6.45) is 6.47. The fourth-order valence-corrected chi connectivity index (χ4v) is 2.11. The lowest BCUT2D eigenvalue weighted by Gasteiger charge is -2.25. The predicted molar refractivity (Wildman–Crippen MR) is 62.3 cm³/mol. The molecule has 0 aromatic carbocycles. The molecular formula is C12H17N3O2. The quantitative estimate of drug-likeness (QED) is 0.811. The Balaban J connectivity index is 1.77. The SMILES string of the molecule is O=C(NCC1CCC(O)CC1)c1ccnnc1. The molecule has 0 aliphatic heterocycles. The average Bonchev–Trinajstić information content (AvgIpc) is 2.39. The number of carbonyl (C=O) groups is 1. The summed E-state index contributed by atoms with van der Waals surface area (Å²) in [5.41, 5.74) is 0.538. The Bertz CT molecular complexity index is 361. The number of aliphatic hydroxyl groups is 1. The zero-order valence-corrected chi connectivity index (χ0v) is 9.67. The Morgan fingerprint density at radius 1 is 1.35 bits per heavy atom. The van der Waals surface area contributed by atoms with Crippen LogP contribution in [0.3, 0.4) is 0 Å². The maximum Gasteiger partial charge on any atom is 0.252 e. The van der Waals surface area contributed by atoms with Gasteiger partial charge in [-0.1, -0.05) is 0 Å². The Hall–Kier alpha value is -1.49.